The highest BCUT2D eigenvalue weighted by Gasteiger charge is 2.24. The summed E-state index contributed by atoms with van der Waals surface area (Å²) in [7, 11) is 0. The lowest BCUT2D eigenvalue weighted by Gasteiger charge is -2.33. The Balaban J connectivity index is 0.000000570. The predicted octanol–water partition coefficient (Wildman–Crippen LogP) is 8.29. The molecule has 0 aromatic heterocycles. The maximum absolute atomic E-state index is 2.36. The van der Waals surface area contributed by atoms with E-state index in [1.807, 2.05) is 39.5 Å². The van der Waals surface area contributed by atoms with E-state index in [1.54, 1.807) is 0 Å². The molecule has 4 rings (SSSR count). The Bertz CT molecular complexity index is 789. The zero-order valence-electron chi connectivity index (χ0n) is 16.7. The number of benzene rings is 3. The molecule has 0 saturated carbocycles. The van der Waals surface area contributed by atoms with E-state index >= 15 is 0 Å². The highest BCUT2D eigenvalue weighted by molar-refractivity contribution is 7.99. The Kier molecular flexibility index (Phi) is 7.35. The van der Waals surface area contributed by atoms with Crippen molar-refractivity contribution in [2.24, 2.45) is 0 Å². The Hall–Kier alpha value is -2.19. The van der Waals surface area contributed by atoms with Gasteiger partial charge >= 0.3 is 0 Å². The van der Waals surface area contributed by atoms with Gasteiger partial charge in [0.05, 0.1) is 11.4 Å². The van der Waals surface area contributed by atoms with Gasteiger partial charge < -0.3 is 4.90 Å². The summed E-state index contributed by atoms with van der Waals surface area (Å²) < 4.78 is 0. The molecule has 1 nitrogen and oxygen atoms in total. The molecule has 0 amide bonds. The molecule has 0 saturated heterocycles. The van der Waals surface area contributed by atoms with Crippen molar-refractivity contribution in [3.05, 3.63) is 77.9 Å². The van der Waals surface area contributed by atoms with Gasteiger partial charge in [-0.25, -0.2) is 0 Å². The minimum absolute atomic E-state index is 1.21. The van der Waals surface area contributed by atoms with Crippen molar-refractivity contribution in [3.8, 4) is 0 Å². The van der Waals surface area contributed by atoms with Crippen molar-refractivity contribution in [1.29, 1.82) is 0 Å². The lowest BCUT2D eigenvalue weighted by Crippen LogP contribution is -2.14. The summed E-state index contributed by atoms with van der Waals surface area (Å²) in [6, 6.07) is 24.0. The molecule has 1 heterocycles. The molecule has 0 aliphatic carbocycles. The van der Waals surface area contributed by atoms with Crippen LogP contribution in [0.15, 0.2) is 76.5 Å². The molecule has 0 radical (unpaired) electrons. The minimum Gasteiger partial charge on any atom is -0.308 e. The van der Waals surface area contributed by atoms with Crippen LogP contribution in [-0.2, 0) is 0 Å². The number of fused-ring (bicyclic) bond motifs is 2. The second-order valence-corrected chi connectivity index (χ2v) is 6.80. The highest BCUT2D eigenvalue weighted by atomic mass is 32.2. The summed E-state index contributed by atoms with van der Waals surface area (Å²) in [6.45, 7) is 12.3. The van der Waals surface area contributed by atoms with E-state index in [0.29, 0.717) is 0 Å². The molecule has 1 aliphatic heterocycles. The first-order valence-electron chi connectivity index (χ1n) is 9.47. The Morgan fingerprint density at radius 2 is 1.08 bits per heavy atom. The topological polar surface area (TPSA) is 3.24 Å². The van der Waals surface area contributed by atoms with E-state index in [2.05, 4.69) is 85.5 Å². The van der Waals surface area contributed by atoms with Crippen molar-refractivity contribution in [1.82, 2.24) is 0 Å². The van der Waals surface area contributed by atoms with E-state index in [-0.39, 0.29) is 0 Å². The van der Waals surface area contributed by atoms with Gasteiger partial charge in [-0.1, -0.05) is 69.8 Å². The fourth-order valence-corrected chi connectivity index (χ4v) is 4.13. The van der Waals surface area contributed by atoms with E-state index in [9.17, 15) is 0 Å². The standard InChI is InChI=1S/C20H17NS.2C2H6/c1-14-8-10-17-19(12-14)22-20-13-15(2)9-11-18(20)21(17)16-6-4-3-5-7-16;2*1-2/h3-13H,1-2H3;2*1-2H3. The minimum atomic E-state index is 1.21. The largest absolute Gasteiger partial charge is 0.308 e. The molecule has 0 unspecified atom stereocenters. The zero-order chi connectivity index (χ0) is 19.1. The van der Waals surface area contributed by atoms with Crippen LogP contribution in [0.3, 0.4) is 0 Å². The second-order valence-electron chi connectivity index (χ2n) is 5.72. The average molecular weight is 364 g/mol. The molecule has 2 heteroatoms. The van der Waals surface area contributed by atoms with E-state index < -0.39 is 0 Å². The number of anilines is 3. The van der Waals surface area contributed by atoms with Gasteiger partial charge in [0.1, 0.15) is 0 Å². The van der Waals surface area contributed by atoms with Crippen LogP contribution in [0.4, 0.5) is 17.1 Å². The maximum atomic E-state index is 2.36. The van der Waals surface area contributed by atoms with Gasteiger partial charge in [0.2, 0.25) is 0 Å². The van der Waals surface area contributed by atoms with Gasteiger partial charge in [-0.3, -0.25) is 0 Å². The number of rotatable bonds is 1. The molecular formula is C24H29NS. The predicted molar refractivity (Wildman–Crippen MR) is 117 cm³/mol. The van der Waals surface area contributed by atoms with Crippen LogP contribution in [0.25, 0.3) is 0 Å². The zero-order valence-corrected chi connectivity index (χ0v) is 17.5. The quantitative estimate of drug-likeness (QED) is 0.334. The molecule has 1 aliphatic rings. The molecule has 0 spiro atoms. The van der Waals surface area contributed by atoms with Crippen LogP contribution >= 0.6 is 11.8 Å². The lowest BCUT2D eigenvalue weighted by molar-refractivity contribution is 1.15. The van der Waals surface area contributed by atoms with Gasteiger partial charge in [-0.2, -0.15) is 0 Å². The van der Waals surface area contributed by atoms with Gasteiger partial charge in [-0.15, -0.1) is 0 Å². The third kappa shape index (κ3) is 4.13. The molecule has 136 valence electrons. The highest BCUT2D eigenvalue weighted by Crippen LogP contribution is 2.51. The first-order chi connectivity index (χ1) is 12.7. The normalized spacial score (nSPS) is 11.2. The van der Waals surface area contributed by atoms with Crippen LogP contribution in [0.1, 0.15) is 38.8 Å². The van der Waals surface area contributed by atoms with Crippen molar-refractivity contribution < 1.29 is 0 Å². The van der Waals surface area contributed by atoms with Gasteiger partial charge in [0.25, 0.3) is 0 Å². The van der Waals surface area contributed by atoms with Crippen LogP contribution in [0, 0.1) is 13.8 Å². The number of hydrogen-bond donors (Lipinski definition) is 0. The summed E-state index contributed by atoms with van der Waals surface area (Å²) in [5.74, 6) is 0. The fourth-order valence-electron chi connectivity index (χ4n) is 2.88. The number of nitrogens with zero attached hydrogens (tertiary/aromatic N) is 1. The molecule has 0 N–H and O–H groups in total. The Morgan fingerprint density at radius 3 is 1.54 bits per heavy atom. The average Bonchev–Trinajstić information content (AvgIpc) is 2.69. The summed E-state index contributed by atoms with van der Waals surface area (Å²) in [5, 5.41) is 0. The number of hydrogen-bond acceptors (Lipinski definition) is 2. The Labute approximate surface area is 163 Å². The summed E-state index contributed by atoms with van der Waals surface area (Å²) in [5.41, 5.74) is 6.33. The monoisotopic (exact) mass is 363 g/mol. The molecule has 0 atom stereocenters. The SMILES string of the molecule is CC.CC.Cc1ccc2c(c1)Sc1cc(C)ccc1N2c1ccccc1. The van der Waals surface area contributed by atoms with Gasteiger partial charge in [0, 0.05) is 15.5 Å². The van der Waals surface area contributed by atoms with Crippen molar-refractivity contribution in [3.63, 3.8) is 0 Å². The van der Waals surface area contributed by atoms with E-state index in [0.717, 1.165) is 0 Å². The third-order valence-electron chi connectivity index (χ3n) is 3.95. The molecule has 0 fully saturated rings. The summed E-state index contributed by atoms with van der Waals surface area (Å²) in [6.07, 6.45) is 0. The fraction of sp³-hybridized carbons (Fsp3) is 0.250. The van der Waals surface area contributed by atoms with Crippen LogP contribution in [-0.4, -0.2) is 0 Å². The first-order valence-corrected chi connectivity index (χ1v) is 10.3. The van der Waals surface area contributed by atoms with Gasteiger partial charge in [0.15, 0.2) is 0 Å². The number of para-hydroxylation sites is 1. The van der Waals surface area contributed by atoms with E-state index in [1.165, 1.54) is 38.0 Å². The molecule has 0 bridgehead atoms. The third-order valence-corrected chi connectivity index (χ3v) is 5.04. The van der Waals surface area contributed by atoms with Crippen molar-refractivity contribution >= 4 is 28.8 Å². The maximum Gasteiger partial charge on any atom is 0.0601 e. The molecule has 3 aromatic rings. The van der Waals surface area contributed by atoms with Crippen LogP contribution in [0.5, 0.6) is 0 Å². The molecule has 3 aromatic carbocycles. The van der Waals surface area contributed by atoms with Crippen LogP contribution in [0.2, 0.25) is 0 Å². The Morgan fingerprint density at radius 1 is 0.615 bits per heavy atom. The number of aryl methyl sites for hydroxylation is 2. The lowest BCUT2D eigenvalue weighted by atomic mass is 10.1. The van der Waals surface area contributed by atoms with Crippen molar-refractivity contribution in [2.45, 2.75) is 51.3 Å². The van der Waals surface area contributed by atoms with Gasteiger partial charge in [-0.05, 0) is 61.4 Å². The smallest absolute Gasteiger partial charge is 0.0601 e. The van der Waals surface area contributed by atoms with Crippen LogP contribution < -0.4 is 4.90 Å². The van der Waals surface area contributed by atoms with Crippen molar-refractivity contribution in [2.75, 3.05) is 4.90 Å². The summed E-state index contributed by atoms with van der Waals surface area (Å²) in [4.78, 5) is 5.00. The van der Waals surface area contributed by atoms with E-state index in [4.69, 9.17) is 0 Å². The second kappa shape index (κ2) is 9.49. The molecule has 26 heavy (non-hydrogen) atoms. The first kappa shape index (κ1) is 20.1. The molecular weight excluding hydrogens is 334 g/mol. The summed E-state index contributed by atoms with van der Waals surface area (Å²) >= 11 is 1.87.